The van der Waals surface area contributed by atoms with Crippen LogP contribution in [-0.2, 0) is 0 Å². The van der Waals surface area contributed by atoms with Gasteiger partial charge in [-0.25, -0.2) is 18.7 Å². The second-order valence-corrected chi connectivity index (χ2v) is 7.37. The molecule has 148 valence electrons. The Kier molecular flexibility index (Phi) is 5.52. The minimum Gasteiger partial charge on any atom is -0.394 e. The van der Waals surface area contributed by atoms with E-state index in [9.17, 15) is 13.9 Å². The average molecular weight is 386 g/mol. The first-order chi connectivity index (χ1) is 13.6. The maximum atomic E-state index is 13.4. The molecular formula is C21H24F2N4O. The van der Waals surface area contributed by atoms with Crippen molar-refractivity contribution < 1.29 is 13.9 Å². The first-order valence-corrected chi connectivity index (χ1v) is 9.73. The highest BCUT2D eigenvalue weighted by atomic mass is 19.2. The molecule has 1 atom stereocenters. The number of anilines is 2. The smallest absolute Gasteiger partial charge is 0.159 e. The Labute approximate surface area is 163 Å². The Bertz CT molecular complexity index is 863. The van der Waals surface area contributed by atoms with Gasteiger partial charge >= 0.3 is 0 Å². The van der Waals surface area contributed by atoms with Gasteiger partial charge in [0.15, 0.2) is 11.6 Å². The maximum Gasteiger partial charge on any atom is 0.159 e. The van der Waals surface area contributed by atoms with Crippen molar-refractivity contribution >= 4 is 17.7 Å². The van der Waals surface area contributed by atoms with Crippen LogP contribution in [0.15, 0.2) is 36.2 Å². The fourth-order valence-electron chi connectivity index (χ4n) is 4.00. The summed E-state index contributed by atoms with van der Waals surface area (Å²) < 4.78 is 26.5. The largest absolute Gasteiger partial charge is 0.394 e. The van der Waals surface area contributed by atoms with Gasteiger partial charge in [-0.15, -0.1) is 0 Å². The van der Waals surface area contributed by atoms with Gasteiger partial charge in [0.1, 0.15) is 18.0 Å². The molecular weight excluding hydrogens is 362 g/mol. The summed E-state index contributed by atoms with van der Waals surface area (Å²) in [4.78, 5) is 13.2. The fraction of sp³-hybridized carbons (Fsp3) is 0.429. The third kappa shape index (κ3) is 3.99. The van der Waals surface area contributed by atoms with E-state index in [0.29, 0.717) is 5.56 Å². The van der Waals surface area contributed by atoms with E-state index in [4.69, 9.17) is 0 Å². The quantitative estimate of drug-likeness (QED) is 0.873. The summed E-state index contributed by atoms with van der Waals surface area (Å²) in [6, 6.07) is 6.13. The van der Waals surface area contributed by atoms with Crippen LogP contribution in [-0.4, -0.2) is 47.4 Å². The second-order valence-electron chi connectivity index (χ2n) is 7.37. The summed E-state index contributed by atoms with van der Waals surface area (Å²) in [7, 11) is 0. The normalized spacial score (nSPS) is 20.0. The van der Waals surface area contributed by atoms with Crippen LogP contribution in [0.3, 0.4) is 0 Å². The Morgan fingerprint density at radius 2 is 1.82 bits per heavy atom. The van der Waals surface area contributed by atoms with Crippen LogP contribution in [0, 0.1) is 11.6 Å². The summed E-state index contributed by atoms with van der Waals surface area (Å²) in [6.45, 7) is 2.68. The Morgan fingerprint density at radius 3 is 2.57 bits per heavy atom. The van der Waals surface area contributed by atoms with Crippen molar-refractivity contribution in [3.8, 4) is 0 Å². The lowest BCUT2D eigenvalue weighted by molar-refractivity contribution is 0.266. The van der Waals surface area contributed by atoms with E-state index in [2.05, 4.69) is 19.8 Å². The van der Waals surface area contributed by atoms with E-state index in [0.717, 1.165) is 63.0 Å². The number of aromatic nitrogens is 2. The van der Waals surface area contributed by atoms with E-state index >= 15 is 0 Å². The van der Waals surface area contributed by atoms with E-state index in [-0.39, 0.29) is 12.6 Å². The van der Waals surface area contributed by atoms with E-state index in [1.54, 1.807) is 12.4 Å². The molecule has 1 aromatic heterocycles. The molecule has 0 saturated carbocycles. The summed E-state index contributed by atoms with van der Waals surface area (Å²) in [5.41, 5.74) is 1.91. The lowest BCUT2D eigenvalue weighted by Crippen LogP contribution is -2.34. The van der Waals surface area contributed by atoms with Crippen molar-refractivity contribution in [1.82, 2.24) is 9.97 Å². The van der Waals surface area contributed by atoms with Gasteiger partial charge in [0.25, 0.3) is 0 Å². The average Bonchev–Trinajstić information content (AvgIpc) is 3.20. The van der Waals surface area contributed by atoms with Gasteiger partial charge in [0.2, 0.25) is 0 Å². The highest BCUT2D eigenvalue weighted by Gasteiger charge is 2.26. The Hall–Kier alpha value is -2.54. The van der Waals surface area contributed by atoms with Crippen molar-refractivity contribution in [2.24, 2.45) is 0 Å². The molecule has 2 fully saturated rings. The summed E-state index contributed by atoms with van der Waals surface area (Å²) in [6.07, 6.45) is 7.28. The second kappa shape index (κ2) is 8.22. The molecule has 1 unspecified atom stereocenters. The first kappa shape index (κ1) is 18.8. The molecule has 3 heterocycles. The molecule has 4 rings (SSSR count). The lowest BCUT2D eigenvalue weighted by atomic mass is 10.0. The minimum absolute atomic E-state index is 0.134. The molecule has 0 radical (unpaired) electrons. The molecule has 2 saturated heterocycles. The number of nitrogens with zero attached hydrogens (tertiary/aromatic N) is 4. The van der Waals surface area contributed by atoms with Crippen molar-refractivity contribution in [3.63, 3.8) is 0 Å². The van der Waals surface area contributed by atoms with Crippen LogP contribution in [0.1, 0.15) is 31.2 Å². The monoisotopic (exact) mass is 386 g/mol. The van der Waals surface area contributed by atoms with Crippen molar-refractivity contribution in [2.45, 2.75) is 31.7 Å². The molecule has 0 aliphatic carbocycles. The SMILES string of the molecule is OCC1CCCN1c1cc(N2CCC(=Cc3ccc(F)c(F)c3)CC2)ncn1. The molecule has 2 aromatic rings. The number of halogens is 2. The van der Waals surface area contributed by atoms with Crippen LogP contribution in [0.2, 0.25) is 0 Å². The molecule has 0 bridgehead atoms. The van der Waals surface area contributed by atoms with Crippen LogP contribution in [0.25, 0.3) is 6.08 Å². The molecule has 0 spiro atoms. The number of piperidine rings is 1. The highest BCUT2D eigenvalue weighted by molar-refractivity contribution is 5.56. The lowest BCUT2D eigenvalue weighted by Gasteiger charge is -2.31. The van der Waals surface area contributed by atoms with Crippen molar-refractivity contribution in [2.75, 3.05) is 36.0 Å². The number of hydrogen-bond donors (Lipinski definition) is 1. The molecule has 2 aliphatic heterocycles. The van der Waals surface area contributed by atoms with Crippen molar-refractivity contribution in [3.05, 3.63) is 53.4 Å². The molecule has 0 amide bonds. The standard InChI is InChI=1S/C21H24F2N4O/c22-18-4-3-16(11-19(18)23)10-15-5-8-26(9-6-15)20-12-21(25-14-24-20)27-7-1-2-17(27)13-28/h3-4,10-12,14,17,28H,1-2,5-9,13H2. The van der Waals surface area contributed by atoms with E-state index in [1.165, 1.54) is 11.6 Å². The Balaban J connectivity index is 1.43. The Morgan fingerprint density at radius 1 is 1.04 bits per heavy atom. The highest BCUT2D eigenvalue weighted by Crippen LogP contribution is 2.28. The first-order valence-electron chi connectivity index (χ1n) is 9.73. The van der Waals surface area contributed by atoms with Gasteiger partial charge in [0, 0.05) is 25.7 Å². The maximum absolute atomic E-state index is 13.4. The van der Waals surface area contributed by atoms with Gasteiger partial charge < -0.3 is 14.9 Å². The molecule has 1 aromatic carbocycles. The number of aliphatic hydroxyl groups excluding tert-OH is 1. The third-order valence-electron chi connectivity index (χ3n) is 5.56. The number of benzene rings is 1. The van der Waals surface area contributed by atoms with E-state index in [1.807, 2.05) is 12.1 Å². The zero-order chi connectivity index (χ0) is 19.5. The number of aliphatic hydroxyl groups is 1. The predicted octanol–water partition coefficient (Wildman–Crippen LogP) is 3.40. The summed E-state index contributed by atoms with van der Waals surface area (Å²) in [5.74, 6) is 0.117. The minimum atomic E-state index is -0.821. The van der Waals surface area contributed by atoms with Crippen LogP contribution >= 0.6 is 0 Å². The zero-order valence-electron chi connectivity index (χ0n) is 15.7. The predicted molar refractivity (Wildman–Crippen MR) is 105 cm³/mol. The van der Waals surface area contributed by atoms with Gasteiger partial charge in [0.05, 0.1) is 12.6 Å². The van der Waals surface area contributed by atoms with Crippen molar-refractivity contribution in [1.29, 1.82) is 0 Å². The van der Waals surface area contributed by atoms with Crippen LogP contribution < -0.4 is 9.80 Å². The third-order valence-corrected chi connectivity index (χ3v) is 5.56. The topological polar surface area (TPSA) is 52.5 Å². The van der Waals surface area contributed by atoms with Crippen LogP contribution in [0.5, 0.6) is 0 Å². The number of rotatable bonds is 4. The molecule has 7 heteroatoms. The van der Waals surface area contributed by atoms with Crippen LogP contribution in [0.4, 0.5) is 20.4 Å². The molecule has 1 N–H and O–H groups in total. The number of hydrogen-bond acceptors (Lipinski definition) is 5. The molecule has 28 heavy (non-hydrogen) atoms. The fourth-order valence-corrected chi connectivity index (χ4v) is 4.00. The summed E-state index contributed by atoms with van der Waals surface area (Å²) >= 11 is 0. The van der Waals surface area contributed by atoms with E-state index < -0.39 is 11.6 Å². The van der Waals surface area contributed by atoms with Gasteiger partial charge in [-0.3, -0.25) is 0 Å². The van der Waals surface area contributed by atoms with Gasteiger partial charge in [-0.1, -0.05) is 17.7 Å². The van der Waals surface area contributed by atoms with Gasteiger partial charge in [-0.05, 0) is 43.4 Å². The molecule has 2 aliphatic rings. The summed E-state index contributed by atoms with van der Waals surface area (Å²) in [5, 5.41) is 9.55. The zero-order valence-corrected chi connectivity index (χ0v) is 15.7. The van der Waals surface area contributed by atoms with Gasteiger partial charge in [-0.2, -0.15) is 0 Å². The molecule has 5 nitrogen and oxygen atoms in total.